The molecule has 0 aliphatic heterocycles. The summed E-state index contributed by atoms with van der Waals surface area (Å²) in [5.41, 5.74) is 0.466. The average Bonchev–Trinajstić information content (AvgIpc) is 2.94. The van der Waals surface area contributed by atoms with Crippen LogP contribution in [0.1, 0.15) is 19.3 Å². The molecule has 96 valence electrons. The number of hydrogen-bond donors (Lipinski definition) is 2. The fourth-order valence-electron chi connectivity index (χ4n) is 2.00. The minimum absolute atomic E-state index is 0.270. The normalized spacial score (nSPS) is 20.1. The molecule has 1 unspecified atom stereocenters. The van der Waals surface area contributed by atoms with Crippen LogP contribution in [0, 0.1) is 5.41 Å². The van der Waals surface area contributed by atoms with Crippen molar-refractivity contribution < 1.29 is 9.84 Å². The maximum atomic E-state index is 9.68. The topological polar surface area (TPSA) is 44.7 Å². The molecule has 0 aromatic heterocycles. The van der Waals surface area contributed by atoms with E-state index in [4.69, 9.17) is 4.74 Å². The number of methoxy groups -OCH3 is 1. The third-order valence-corrected chi connectivity index (χ3v) is 3.25. The Morgan fingerprint density at radius 1 is 1.44 bits per heavy atom. The lowest BCUT2D eigenvalue weighted by atomic mass is 10.0. The van der Waals surface area contributed by atoms with Crippen molar-refractivity contribution in [3.05, 3.63) is 0 Å². The highest BCUT2D eigenvalue weighted by Gasteiger charge is 2.41. The molecule has 4 nitrogen and oxygen atoms in total. The zero-order valence-corrected chi connectivity index (χ0v) is 10.8. The third-order valence-electron chi connectivity index (χ3n) is 3.25. The van der Waals surface area contributed by atoms with E-state index in [1.807, 2.05) is 19.0 Å². The molecule has 0 heterocycles. The summed E-state index contributed by atoms with van der Waals surface area (Å²) < 4.78 is 5.11. The molecule has 2 N–H and O–H groups in total. The third kappa shape index (κ3) is 5.25. The average molecular weight is 230 g/mol. The molecule has 16 heavy (non-hydrogen) atoms. The molecule has 0 radical (unpaired) electrons. The van der Waals surface area contributed by atoms with Crippen LogP contribution in [0.2, 0.25) is 0 Å². The van der Waals surface area contributed by atoms with E-state index in [-0.39, 0.29) is 6.10 Å². The van der Waals surface area contributed by atoms with Crippen molar-refractivity contribution in [3.8, 4) is 0 Å². The quantitative estimate of drug-likeness (QED) is 0.598. The molecule has 1 fully saturated rings. The molecule has 0 spiro atoms. The first-order valence-corrected chi connectivity index (χ1v) is 6.10. The molecule has 0 aromatic carbocycles. The fraction of sp³-hybridized carbons (Fsp3) is 1.00. The SMILES string of the molecule is COCCC1(CNCC(O)CN(C)C)CC1. The smallest absolute Gasteiger partial charge is 0.0791 e. The standard InChI is InChI=1S/C12H26N2O2/c1-14(2)9-11(15)8-13-10-12(4-5-12)6-7-16-3/h11,13,15H,4-10H2,1-3H3. The Balaban J connectivity index is 2.06. The number of nitrogens with zero attached hydrogens (tertiary/aromatic N) is 1. The van der Waals surface area contributed by atoms with Gasteiger partial charge in [0.15, 0.2) is 0 Å². The van der Waals surface area contributed by atoms with Crippen LogP contribution >= 0.6 is 0 Å². The van der Waals surface area contributed by atoms with Gasteiger partial charge in [-0.15, -0.1) is 0 Å². The lowest BCUT2D eigenvalue weighted by molar-refractivity contribution is 0.130. The van der Waals surface area contributed by atoms with Gasteiger partial charge in [-0.3, -0.25) is 0 Å². The van der Waals surface area contributed by atoms with Crippen LogP contribution in [0.25, 0.3) is 0 Å². The summed E-state index contributed by atoms with van der Waals surface area (Å²) in [7, 11) is 5.71. The van der Waals surface area contributed by atoms with Gasteiger partial charge in [0.2, 0.25) is 0 Å². The van der Waals surface area contributed by atoms with E-state index in [9.17, 15) is 5.11 Å². The maximum absolute atomic E-state index is 9.68. The van der Waals surface area contributed by atoms with Crippen LogP contribution in [0.4, 0.5) is 0 Å². The number of hydrogen-bond acceptors (Lipinski definition) is 4. The minimum Gasteiger partial charge on any atom is -0.390 e. The van der Waals surface area contributed by atoms with Gasteiger partial charge in [-0.05, 0) is 38.8 Å². The van der Waals surface area contributed by atoms with Crippen molar-refractivity contribution in [1.29, 1.82) is 0 Å². The monoisotopic (exact) mass is 230 g/mol. The van der Waals surface area contributed by atoms with E-state index in [0.717, 1.165) is 26.1 Å². The first-order valence-electron chi connectivity index (χ1n) is 6.10. The van der Waals surface area contributed by atoms with Crippen molar-refractivity contribution in [2.45, 2.75) is 25.4 Å². The predicted molar refractivity (Wildman–Crippen MR) is 65.6 cm³/mol. The van der Waals surface area contributed by atoms with Gasteiger partial charge in [0.1, 0.15) is 0 Å². The number of likely N-dealkylation sites (N-methyl/N-ethyl adjacent to an activating group) is 1. The highest BCUT2D eigenvalue weighted by Crippen LogP contribution is 2.48. The first-order chi connectivity index (χ1) is 7.58. The van der Waals surface area contributed by atoms with E-state index >= 15 is 0 Å². The molecule has 0 saturated heterocycles. The Morgan fingerprint density at radius 3 is 2.62 bits per heavy atom. The number of nitrogens with one attached hydrogen (secondary N) is 1. The Labute approximate surface area is 99.0 Å². The number of aliphatic hydroxyl groups excluding tert-OH is 1. The van der Waals surface area contributed by atoms with Crippen molar-refractivity contribution in [2.75, 3.05) is 47.4 Å². The second kappa shape index (κ2) is 6.55. The van der Waals surface area contributed by atoms with Crippen molar-refractivity contribution in [1.82, 2.24) is 10.2 Å². The molecular weight excluding hydrogens is 204 g/mol. The van der Waals surface area contributed by atoms with Gasteiger partial charge in [0, 0.05) is 33.4 Å². The lowest BCUT2D eigenvalue weighted by Crippen LogP contribution is -2.37. The van der Waals surface area contributed by atoms with Gasteiger partial charge in [-0.1, -0.05) is 0 Å². The Bertz CT molecular complexity index is 193. The van der Waals surface area contributed by atoms with E-state index < -0.39 is 0 Å². The van der Waals surface area contributed by atoms with E-state index in [2.05, 4.69) is 5.32 Å². The molecule has 1 aliphatic rings. The van der Waals surface area contributed by atoms with Crippen LogP contribution in [0.5, 0.6) is 0 Å². The Morgan fingerprint density at radius 2 is 2.12 bits per heavy atom. The van der Waals surface area contributed by atoms with Crippen LogP contribution in [-0.2, 0) is 4.74 Å². The number of rotatable bonds is 9. The Kier molecular flexibility index (Phi) is 5.69. The first kappa shape index (κ1) is 13.9. The zero-order chi connectivity index (χ0) is 12.0. The van der Waals surface area contributed by atoms with E-state index in [0.29, 0.717) is 12.0 Å². The second-order valence-electron chi connectivity index (χ2n) is 5.29. The largest absolute Gasteiger partial charge is 0.390 e. The van der Waals surface area contributed by atoms with Crippen LogP contribution in [0.3, 0.4) is 0 Å². The molecule has 1 rings (SSSR count). The number of ether oxygens (including phenoxy) is 1. The summed E-state index contributed by atoms with van der Waals surface area (Å²) >= 11 is 0. The molecular formula is C12H26N2O2. The molecule has 0 aromatic rings. The van der Waals surface area contributed by atoms with Crippen LogP contribution < -0.4 is 5.32 Å². The highest BCUT2D eigenvalue weighted by atomic mass is 16.5. The van der Waals surface area contributed by atoms with Gasteiger partial charge in [-0.25, -0.2) is 0 Å². The van der Waals surface area contributed by atoms with Gasteiger partial charge < -0.3 is 20.1 Å². The van der Waals surface area contributed by atoms with Gasteiger partial charge >= 0.3 is 0 Å². The van der Waals surface area contributed by atoms with E-state index in [1.165, 1.54) is 12.8 Å². The van der Waals surface area contributed by atoms with Gasteiger partial charge in [-0.2, -0.15) is 0 Å². The summed E-state index contributed by atoms with van der Waals surface area (Å²) in [6.45, 7) is 3.27. The molecule has 1 atom stereocenters. The number of aliphatic hydroxyl groups is 1. The zero-order valence-electron chi connectivity index (χ0n) is 10.8. The summed E-state index contributed by atoms with van der Waals surface area (Å²) in [5.74, 6) is 0. The Hall–Kier alpha value is -0.160. The summed E-state index contributed by atoms with van der Waals surface area (Å²) in [4.78, 5) is 2.00. The molecule has 4 heteroatoms. The minimum atomic E-state index is -0.270. The summed E-state index contributed by atoms with van der Waals surface area (Å²) in [6.07, 6.45) is 3.47. The van der Waals surface area contributed by atoms with Crippen LogP contribution in [0.15, 0.2) is 0 Å². The fourth-order valence-corrected chi connectivity index (χ4v) is 2.00. The van der Waals surface area contributed by atoms with Crippen LogP contribution in [-0.4, -0.2) is 63.6 Å². The van der Waals surface area contributed by atoms with Gasteiger partial charge in [0.05, 0.1) is 6.10 Å². The summed E-state index contributed by atoms with van der Waals surface area (Å²) in [6, 6.07) is 0. The van der Waals surface area contributed by atoms with Gasteiger partial charge in [0.25, 0.3) is 0 Å². The molecule has 0 bridgehead atoms. The predicted octanol–water partition coefficient (Wildman–Crippen LogP) is 0.315. The molecule has 1 saturated carbocycles. The van der Waals surface area contributed by atoms with Crippen molar-refractivity contribution in [2.24, 2.45) is 5.41 Å². The second-order valence-corrected chi connectivity index (χ2v) is 5.29. The lowest BCUT2D eigenvalue weighted by Gasteiger charge is -2.19. The van der Waals surface area contributed by atoms with Crippen molar-refractivity contribution in [3.63, 3.8) is 0 Å². The van der Waals surface area contributed by atoms with E-state index in [1.54, 1.807) is 7.11 Å². The summed E-state index contributed by atoms with van der Waals surface area (Å²) in [5, 5.41) is 13.1. The molecule has 1 aliphatic carbocycles. The molecule has 0 amide bonds. The maximum Gasteiger partial charge on any atom is 0.0791 e. The highest BCUT2D eigenvalue weighted by molar-refractivity contribution is 4.94. The van der Waals surface area contributed by atoms with Crippen molar-refractivity contribution >= 4 is 0 Å².